The molecule has 1 radical (unpaired) electrons. The van der Waals surface area contributed by atoms with E-state index >= 15 is 0 Å². The van der Waals surface area contributed by atoms with E-state index in [1.165, 1.54) is 0 Å². The summed E-state index contributed by atoms with van der Waals surface area (Å²) in [4.78, 5) is 19.0. The third-order valence-corrected chi connectivity index (χ3v) is 0.338. The maximum absolute atomic E-state index is 9.60. The lowest BCUT2D eigenvalue weighted by Crippen LogP contribution is -2.30. The number of rotatable bonds is 4. The highest BCUT2D eigenvalue weighted by Crippen LogP contribution is 1.60. The Labute approximate surface area is 45.7 Å². The summed E-state index contributed by atoms with van der Waals surface area (Å²) < 4.78 is 0. The average molecular weight is 117 g/mol. The number of hydrogen-bond acceptors (Lipinski definition) is 3. The van der Waals surface area contributed by atoms with Crippen molar-refractivity contribution in [3.05, 3.63) is 6.54 Å². The summed E-state index contributed by atoms with van der Waals surface area (Å²) in [6.07, 6.45) is 0.333. The SMILES string of the molecule is O=CNN[CH]C(=O)O. The third kappa shape index (κ3) is 4.90. The average Bonchev–Trinajstić information content (AvgIpc) is 1.66. The Balaban J connectivity index is 2.93. The second-order valence-corrected chi connectivity index (χ2v) is 0.889. The Hall–Kier alpha value is -1.10. The summed E-state index contributed by atoms with van der Waals surface area (Å²) in [6, 6.07) is 0. The van der Waals surface area contributed by atoms with Crippen LogP contribution in [0.4, 0.5) is 0 Å². The van der Waals surface area contributed by atoms with E-state index in [0.29, 0.717) is 13.0 Å². The third-order valence-electron chi connectivity index (χ3n) is 0.338. The zero-order chi connectivity index (χ0) is 6.41. The number of amides is 1. The van der Waals surface area contributed by atoms with Crippen molar-refractivity contribution in [3.8, 4) is 0 Å². The summed E-state index contributed by atoms with van der Waals surface area (Å²) in [5, 5.41) is 7.87. The molecule has 0 aromatic rings. The molecule has 3 N–H and O–H groups in total. The molecule has 8 heavy (non-hydrogen) atoms. The topological polar surface area (TPSA) is 78.4 Å². The Morgan fingerprint density at radius 3 is 2.50 bits per heavy atom. The van der Waals surface area contributed by atoms with Gasteiger partial charge in [0.1, 0.15) is 0 Å². The molecule has 0 aliphatic rings. The predicted octanol–water partition coefficient (Wildman–Crippen LogP) is -1.52. The van der Waals surface area contributed by atoms with Crippen LogP contribution in [-0.2, 0) is 9.59 Å². The number of carbonyl (C=O) groups is 2. The van der Waals surface area contributed by atoms with E-state index in [0.717, 1.165) is 0 Å². The first-order valence-electron chi connectivity index (χ1n) is 1.78. The van der Waals surface area contributed by atoms with Crippen LogP contribution in [-0.4, -0.2) is 17.5 Å². The maximum atomic E-state index is 9.60. The van der Waals surface area contributed by atoms with Gasteiger partial charge in [-0.2, -0.15) is 0 Å². The first kappa shape index (κ1) is 6.90. The minimum atomic E-state index is -1.14. The van der Waals surface area contributed by atoms with Gasteiger partial charge in [0.15, 0.2) is 6.54 Å². The van der Waals surface area contributed by atoms with Gasteiger partial charge in [0.05, 0.1) is 0 Å². The number of aliphatic carboxylic acids is 1. The maximum Gasteiger partial charge on any atom is 0.324 e. The molecule has 1 amide bonds. The summed E-state index contributed by atoms with van der Waals surface area (Å²) in [5.41, 5.74) is 3.90. The van der Waals surface area contributed by atoms with E-state index in [4.69, 9.17) is 5.11 Å². The molecule has 45 valence electrons. The number of carbonyl (C=O) groups excluding carboxylic acids is 1. The first-order chi connectivity index (χ1) is 3.77. The molecule has 0 aliphatic carbocycles. The van der Waals surface area contributed by atoms with Crippen LogP contribution in [0, 0.1) is 6.54 Å². The van der Waals surface area contributed by atoms with E-state index in [-0.39, 0.29) is 0 Å². The van der Waals surface area contributed by atoms with Gasteiger partial charge in [0.25, 0.3) is 0 Å². The zero-order valence-corrected chi connectivity index (χ0v) is 3.92. The molecule has 0 rings (SSSR count). The number of carboxylic acids is 1. The minimum Gasteiger partial charge on any atom is -0.480 e. The van der Waals surface area contributed by atoms with Crippen LogP contribution < -0.4 is 10.9 Å². The molecule has 0 saturated heterocycles. The molecule has 0 aromatic heterocycles. The second kappa shape index (κ2) is 4.07. The van der Waals surface area contributed by atoms with Crippen molar-refractivity contribution in [1.82, 2.24) is 10.9 Å². The van der Waals surface area contributed by atoms with Gasteiger partial charge in [-0.1, -0.05) is 0 Å². The van der Waals surface area contributed by atoms with Gasteiger partial charge in [0, 0.05) is 0 Å². The van der Waals surface area contributed by atoms with Crippen molar-refractivity contribution in [2.45, 2.75) is 0 Å². The molecule has 0 spiro atoms. The Bertz CT molecular complexity index is 92.5. The fraction of sp³-hybridized carbons (Fsp3) is 0. The van der Waals surface area contributed by atoms with Crippen molar-refractivity contribution >= 4 is 12.4 Å². The summed E-state index contributed by atoms with van der Waals surface area (Å²) >= 11 is 0. The standard InChI is InChI=1S/C3H5N2O3/c6-2-5-4-1-3(7)8/h1-2,4H,(H,5,6)(H,7,8). The van der Waals surface area contributed by atoms with Gasteiger partial charge in [-0.05, 0) is 0 Å². The van der Waals surface area contributed by atoms with Crippen LogP contribution in [0.25, 0.3) is 0 Å². The van der Waals surface area contributed by atoms with Gasteiger partial charge in [-0.15, -0.1) is 0 Å². The van der Waals surface area contributed by atoms with E-state index in [1.807, 2.05) is 10.9 Å². The lowest BCUT2D eigenvalue weighted by atomic mass is 10.7. The fourth-order valence-electron chi connectivity index (χ4n) is 0.137. The Morgan fingerprint density at radius 1 is 1.50 bits per heavy atom. The number of hydrogen-bond donors (Lipinski definition) is 3. The molecular formula is C3H5N2O3. The molecule has 0 atom stereocenters. The lowest BCUT2D eigenvalue weighted by Gasteiger charge is -1.92. The van der Waals surface area contributed by atoms with Crippen LogP contribution in [0.2, 0.25) is 0 Å². The van der Waals surface area contributed by atoms with Crippen LogP contribution in [0.3, 0.4) is 0 Å². The molecule has 0 fully saturated rings. The van der Waals surface area contributed by atoms with E-state index in [1.54, 1.807) is 0 Å². The predicted molar refractivity (Wildman–Crippen MR) is 24.3 cm³/mol. The zero-order valence-electron chi connectivity index (χ0n) is 3.92. The molecular weight excluding hydrogens is 112 g/mol. The molecule has 0 aromatic carbocycles. The molecule has 0 heterocycles. The molecule has 5 nitrogen and oxygen atoms in total. The van der Waals surface area contributed by atoms with Gasteiger partial charge in [-0.25, -0.2) is 5.43 Å². The van der Waals surface area contributed by atoms with Crippen molar-refractivity contribution in [3.63, 3.8) is 0 Å². The first-order valence-corrected chi connectivity index (χ1v) is 1.78. The van der Waals surface area contributed by atoms with Crippen molar-refractivity contribution < 1.29 is 14.7 Å². The van der Waals surface area contributed by atoms with Crippen molar-refractivity contribution in [2.75, 3.05) is 0 Å². The highest BCUT2D eigenvalue weighted by atomic mass is 16.4. The van der Waals surface area contributed by atoms with Gasteiger partial charge in [-0.3, -0.25) is 15.0 Å². The van der Waals surface area contributed by atoms with Crippen molar-refractivity contribution in [1.29, 1.82) is 0 Å². The fourth-order valence-corrected chi connectivity index (χ4v) is 0.137. The van der Waals surface area contributed by atoms with Crippen LogP contribution in [0.5, 0.6) is 0 Å². The molecule has 0 unspecified atom stereocenters. The number of nitrogens with one attached hydrogen (secondary N) is 2. The van der Waals surface area contributed by atoms with E-state index in [9.17, 15) is 9.59 Å². The van der Waals surface area contributed by atoms with Gasteiger partial charge < -0.3 is 5.11 Å². The molecule has 0 aliphatic heterocycles. The van der Waals surface area contributed by atoms with E-state index < -0.39 is 5.97 Å². The highest BCUT2D eigenvalue weighted by molar-refractivity contribution is 5.75. The summed E-state index contributed by atoms with van der Waals surface area (Å²) in [5.74, 6) is -1.14. The van der Waals surface area contributed by atoms with Crippen LogP contribution in [0.15, 0.2) is 0 Å². The van der Waals surface area contributed by atoms with Crippen LogP contribution >= 0.6 is 0 Å². The monoisotopic (exact) mass is 117 g/mol. The highest BCUT2D eigenvalue weighted by Gasteiger charge is 1.91. The summed E-state index contributed by atoms with van der Waals surface area (Å²) in [6.45, 7) is 0.703. The van der Waals surface area contributed by atoms with Gasteiger partial charge >= 0.3 is 5.97 Å². The molecule has 0 saturated carbocycles. The summed E-state index contributed by atoms with van der Waals surface area (Å²) in [7, 11) is 0. The Morgan fingerprint density at radius 2 is 2.12 bits per heavy atom. The van der Waals surface area contributed by atoms with Crippen LogP contribution in [0.1, 0.15) is 0 Å². The minimum absolute atomic E-state index is 0.333. The van der Waals surface area contributed by atoms with Crippen molar-refractivity contribution in [2.24, 2.45) is 0 Å². The molecule has 0 bridgehead atoms. The lowest BCUT2D eigenvalue weighted by molar-refractivity contribution is -0.133. The Kier molecular flexibility index (Phi) is 3.51. The van der Waals surface area contributed by atoms with E-state index in [2.05, 4.69) is 0 Å². The smallest absolute Gasteiger partial charge is 0.324 e. The quantitative estimate of drug-likeness (QED) is 0.237. The normalized spacial score (nSPS) is 8.00. The van der Waals surface area contributed by atoms with Gasteiger partial charge in [0.2, 0.25) is 6.41 Å². The number of carboxylic acid groups (broad SMARTS) is 1. The molecule has 5 heteroatoms. The largest absolute Gasteiger partial charge is 0.480 e. The number of hydrazine groups is 1. The second-order valence-electron chi connectivity index (χ2n) is 0.889.